The molecule has 1 aromatic heterocycles. The second kappa shape index (κ2) is 13.4. The van der Waals surface area contributed by atoms with Gasteiger partial charge in [0, 0.05) is 16.8 Å². The number of anilines is 2. The summed E-state index contributed by atoms with van der Waals surface area (Å²) in [5.41, 5.74) is 0.978. The molecule has 234 valence electrons. The van der Waals surface area contributed by atoms with Crippen LogP contribution in [0.15, 0.2) is 65.0 Å². The van der Waals surface area contributed by atoms with Gasteiger partial charge in [0.1, 0.15) is 21.9 Å². The molecule has 0 saturated heterocycles. The standard InChI is InChI=1S/C33H40N4O6S/c1-31(2,3)22-15-13-20(14-16-22)27(38)35-24-17-18-44-25(24)28(39)34-23-12-10-11-21(19-23)26(36-29(40)42-32(4,5)6)37-30(41)43-33(7,8)9/h10-19H,1-9H3,(H,34,39)(H,35,38)(H,36,37,40,41). The van der Waals surface area contributed by atoms with E-state index in [4.69, 9.17) is 9.47 Å². The number of hydrogen-bond acceptors (Lipinski definition) is 7. The van der Waals surface area contributed by atoms with Gasteiger partial charge in [0.2, 0.25) is 0 Å². The van der Waals surface area contributed by atoms with E-state index in [2.05, 4.69) is 41.7 Å². The average molecular weight is 621 g/mol. The second-order valence-electron chi connectivity index (χ2n) is 13.0. The minimum absolute atomic E-state index is 0.0426. The SMILES string of the molecule is CC(C)(C)OC(=O)N=C(NC(=O)OC(C)(C)C)c1cccc(NC(=O)c2sccc2NC(=O)c2ccc(C(C)(C)C)cc2)c1. The number of hydrogen-bond donors (Lipinski definition) is 3. The van der Waals surface area contributed by atoms with Crippen LogP contribution < -0.4 is 16.0 Å². The first-order valence-corrected chi connectivity index (χ1v) is 14.9. The Morgan fingerprint density at radius 1 is 0.727 bits per heavy atom. The summed E-state index contributed by atoms with van der Waals surface area (Å²) in [6.07, 6.45) is -1.73. The van der Waals surface area contributed by atoms with Gasteiger partial charge in [0.05, 0.1) is 5.69 Å². The summed E-state index contributed by atoms with van der Waals surface area (Å²) < 4.78 is 10.6. The highest BCUT2D eigenvalue weighted by Gasteiger charge is 2.22. The van der Waals surface area contributed by atoms with Crippen molar-refractivity contribution in [1.82, 2.24) is 5.32 Å². The van der Waals surface area contributed by atoms with Gasteiger partial charge in [0.25, 0.3) is 11.8 Å². The minimum atomic E-state index is -0.912. The molecule has 2 aromatic carbocycles. The highest BCUT2D eigenvalue weighted by atomic mass is 32.1. The molecule has 3 rings (SSSR count). The highest BCUT2D eigenvalue weighted by molar-refractivity contribution is 7.12. The van der Waals surface area contributed by atoms with Gasteiger partial charge in [0.15, 0.2) is 0 Å². The number of nitrogens with zero attached hydrogens (tertiary/aromatic N) is 1. The van der Waals surface area contributed by atoms with E-state index in [1.165, 1.54) is 11.3 Å². The molecule has 11 heteroatoms. The Morgan fingerprint density at radius 2 is 1.36 bits per heavy atom. The molecule has 0 bridgehead atoms. The largest absolute Gasteiger partial charge is 0.444 e. The maximum atomic E-state index is 13.3. The van der Waals surface area contributed by atoms with E-state index < -0.39 is 29.3 Å². The molecule has 0 aliphatic carbocycles. The van der Waals surface area contributed by atoms with Gasteiger partial charge >= 0.3 is 12.2 Å². The lowest BCUT2D eigenvalue weighted by atomic mass is 9.87. The third-order valence-corrected chi connectivity index (χ3v) is 6.66. The zero-order valence-electron chi connectivity index (χ0n) is 26.6. The number of carbonyl (C=O) groups excluding carboxylic acids is 4. The fourth-order valence-electron chi connectivity index (χ4n) is 3.77. The molecule has 0 aliphatic heterocycles. The van der Waals surface area contributed by atoms with Gasteiger partial charge < -0.3 is 20.1 Å². The van der Waals surface area contributed by atoms with Crippen molar-refractivity contribution < 1.29 is 28.7 Å². The fraction of sp³-hybridized carbons (Fsp3) is 0.364. The number of benzene rings is 2. The van der Waals surface area contributed by atoms with Crippen molar-refractivity contribution in [3.8, 4) is 0 Å². The zero-order valence-corrected chi connectivity index (χ0v) is 27.4. The van der Waals surface area contributed by atoms with Gasteiger partial charge in [-0.15, -0.1) is 11.3 Å². The molecular formula is C33H40N4O6S. The van der Waals surface area contributed by atoms with Crippen LogP contribution in [0.25, 0.3) is 0 Å². The molecule has 0 fully saturated rings. The topological polar surface area (TPSA) is 135 Å². The maximum Gasteiger partial charge on any atom is 0.436 e. The highest BCUT2D eigenvalue weighted by Crippen LogP contribution is 2.26. The van der Waals surface area contributed by atoms with Crippen molar-refractivity contribution in [2.45, 2.75) is 78.9 Å². The van der Waals surface area contributed by atoms with Crippen LogP contribution in [0.5, 0.6) is 0 Å². The first-order chi connectivity index (χ1) is 20.3. The van der Waals surface area contributed by atoms with Crippen molar-refractivity contribution in [3.05, 3.63) is 81.5 Å². The third-order valence-electron chi connectivity index (χ3n) is 5.74. The molecule has 10 nitrogen and oxygen atoms in total. The van der Waals surface area contributed by atoms with E-state index in [9.17, 15) is 19.2 Å². The lowest BCUT2D eigenvalue weighted by Crippen LogP contribution is -2.37. The maximum absolute atomic E-state index is 13.3. The second-order valence-corrected chi connectivity index (χ2v) is 14.0. The van der Waals surface area contributed by atoms with Crippen LogP contribution in [-0.2, 0) is 14.9 Å². The molecule has 44 heavy (non-hydrogen) atoms. The average Bonchev–Trinajstić information content (AvgIpc) is 3.34. The van der Waals surface area contributed by atoms with Crippen molar-refractivity contribution in [3.63, 3.8) is 0 Å². The molecule has 0 atom stereocenters. The lowest BCUT2D eigenvalue weighted by Gasteiger charge is -2.21. The quantitative estimate of drug-likeness (QED) is 0.197. The molecular weight excluding hydrogens is 580 g/mol. The van der Waals surface area contributed by atoms with Crippen LogP contribution in [0.3, 0.4) is 0 Å². The normalized spacial score (nSPS) is 12.2. The van der Waals surface area contributed by atoms with Crippen LogP contribution >= 0.6 is 11.3 Å². The molecule has 1 heterocycles. The molecule has 0 saturated carbocycles. The number of carbonyl (C=O) groups is 4. The Kier molecular flexibility index (Phi) is 10.4. The predicted octanol–water partition coefficient (Wildman–Crippen LogP) is 7.76. The minimum Gasteiger partial charge on any atom is -0.444 e. The van der Waals surface area contributed by atoms with E-state index >= 15 is 0 Å². The number of ether oxygens (including phenoxy) is 2. The summed E-state index contributed by atoms with van der Waals surface area (Å²) in [5.74, 6) is -0.913. The van der Waals surface area contributed by atoms with Crippen LogP contribution in [0.2, 0.25) is 0 Å². The summed E-state index contributed by atoms with van der Waals surface area (Å²) in [5, 5.41) is 9.84. The summed E-state index contributed by atoms with van der Waals surface area (Å²) in [4.78, 5) is 55.5. The van der Waals surface area contributed by atoms with Crippen LogP contribution in [0.1, 0.15) is 93.5 Å². The number of nitrogens with one attached hydrogen (secondary N) is 3. The third kappa shape index (κ3) is 10.3. The van der Waals surface area contributed by atoms with E-state index in [-0.39, 0.29) is 17.2 Å². The fourth-order valence-corrected chi connectivity index (χ4v) is 4.52. The van der Waals surface area contributed by atoms with E-state index in [0.29, 0.717) is 27.4 Å². The smallest absolute Gasteiger partial charge is 0.436 e. The summed E-state index contributed by atoms with van der Waals surface area (Å²) in [6.45, 7) is 16.5. The summed E-state index contributed by atoms with van der Waals surface area (Å²) in [7, 11) is 0. The number of rotatable bonds is 5. The van der Waals surface area contributed by atoms with Gasteiger partial charge in [-0.2, -0.15) is 4.99 Å². The Hall–Kier alpha value is -4.51. The van der Waals surface area contributed by atoms with Crippen molar-refractivity contribution >= 4 is 52.5 Å². The number of amidine groups is 1. The molecule has 0 spiro atoms. The molecule has 3 aromatic rings. The van der Waals surface area contributed by atoms with Gasteiger partial charge in [-0.05, 0) is 88.2 Å². The monoisotopic (exact) mass is 620 g/mol. The first kappa shape index (κ1) is 34.0. The number of alkyl carbamates (subject to hydrolysis) is 1. The Balaban J connectivity index is 1.81. The molecule has 4 amide bonds. The molecule has 0 unspecified atom stereocenters. The zero-order chi connectivity index (χ0) is 32.9. The Labute approximate surface area is 262 Å². The summed E-state index contributed by atoms with van der Waals surface area (Å²) >= 11 is 1.17. The van der Waals surface area contributed by atoms with E-state index in [1.54, 1.807) is 89.4 Å². The van der Waals surface area contributed by atoms with Crippen LogP contribution in [-0.4, -0.2) is 41.0 Å². The van der Waals surface area contributed by atoms with Gasteiger partial charge in [-0.1, -0.05) is 45.0 Å². The Morgan fingerprint density at radius 3 is 1.95 bits per heavy atom. The van der Waals surface area contributed by atoms with E-state index in [0.717, 1.165) is 5.56 Å². The first-order valence-electron chi connectivity index (χ1n) is 14.0. The summed E-state index contributed by atoms with van der Waals surface area (Å²) in [6, 6.07) is 15.4. The number of thiophene rings is 1. The number of amides is 4. The van der Waals surface area contributed by atoms with Gasteiger partial charge in [-0.3, -0.25) is 14.9 Å². The van der Waals surface area contributed by atoms with Crippen LogP contribution in [0, 0.1) is 0 Å². The number of aliphatic imine (C=N–C) groups is 1. The van der Waals surface area contributed by atoms with Crippen LogP contribution in [0.4, 0.5) is 21.0 Å². The molecule has 3 N–H and O–H groups in total. The van der Waals surface area contributed by atoms with Crippen molar-refractivity contribution in [1.29, 1.82) is 0 Å². The van der Waals surface area contributed by atoms with Crippen molar-refractivity contribution in [2.24, 2.45) is 4.99 Å². The van der Waals surface area contributed by atoms with E-state index in [1.807, 2.05) is 12.1 Å². The molecule has 0 radical (unpaired) electrons. The molecule has 0 aliphatic rings. The lowest BCUT2D eigenvalue weighted by molar-refractivity contribution is 0.0562. The predicted molar refractivity (Wildman–Crippen MR) is 174 cm³/mol. The Bertz CT molecular complexity index is 1550. The van der Waals surface area contributed by atoms with Gasteiger partial charge in [-0.25, -0.2) is 9.59 Å². The van der Waals surface area contributed by atoms with Crippen molar-refractivity contribution in [2.75, 3.05) is 10.6 Å².